The van der Waals surface area contributed by atoms with Crippen molar-refractivity contribution in [2.45, 2.75) is 0 Å². The molecule has 0 atom stereocenters. The molecule has 86 valence electrons. The maximum absolute atomic E-state index is 9.34. The van der Waals surface area contributed by atoms with E-state index in [-0.39, 0.29) is 11.5 Å². The van der Waals surface area contributed by atoms with Crippen LogP contribution in [-0.4, -0.2) is 10.2 Å². The molecule has 0 saturated heterocycles. The van der Waals surface area contributed by atoms with Gasteiger partial charge in [-0.3, -0.25) is 0 Å². The SMILES string of the molecule is Oc1ccc(/C=C/c2ccc(Br)cc2)cc1O. The molecule has 2 aromatic rings. The lowest BCUT2D eigenvalue weighted by Crippen LogP contribution is -1.74. The highest BCUT2D eigenvalue weighted by Crippen LogP contribution is 2.25. The molecule has 0 spiro atoms. The molecule has 0 heterocycles. The van der Waals surface area contributed by atoms with E-state index in [1.807, 2.05) is 36.4 Å². The molecule has 2 nitrogen and oxygen atoms in total. The molecule has 0 unspecified atom stereocenters. The molecule has 0 bridgehead atoms. The van der Waals surface area contributed by atoms with Crippen LogP contribution in [0.25, 0.3) is 12.2 Å². The van der Waals surface area contributed by atoms with E-state index in [2.05, 4.69) is 15.9 Å². The molecule has 3 heteroatoms. The van der Waals surface area contributed by atoms with Crippen LogP contribution in [0.4, 0.5) is 0 Å². The van der Waals surface area contributed by atoms with E-state index in [1.165, 1.54) is 12.1 Å². The summed E-state index contributed by atoms with van der Waals surface area (Å²) in [6.07, 6.45) is 3.82. The molecule has 0 fully saturated rings. The second-order valence-electron chi connectivity index (χ2n) is 3.63. The largest absolute Gasteiger partial charge is 0.504 e. The molecule has 0 radical (unpaired) electrons. The maximum atomic E-state index is 9.34. The van der Waals surface area contributed by atoms with Gasteiger partial charge in [-0.1, -0.05) is 46.3 Å². The summed E-state index contributed by atoms with van der Waals surface area (Å²) in [6, 6.07) is 12.6. The lowest BCUT2D eigenvalue weighted by atomic mass is 10.1. The van der Waals surface area contributed by atoms with Crippen molar-refractivity contribution in [3.63, 3.8) is 0 Å². The van der Waals surface area contributed by atoms with Gasteiger partial charge in [-0.2, -0.15) is 0 Å². The molecule has 17 heavy (non-hydrogen) atoms. The van der Waals surface area contributed by atoms with Gasteiger partial charge in [-0.15, -0.1) is 0 Å². The highest BCUT2D eigenvalue weighted by molar-refractivity contribution is 9.10. The van der Waals surface area contributed by atoms with Gasteiger partial charge >= 0.3 is 0 Å². The van der Waals surface area contributed by atoms with E-state index in [1.54, 1.807) is 6.07 Å². The molecule has 2 N–H and O–H groups in total. The second kappa shape index (κ2) is 5.06. The fourth-order valence-corrected chi connectivity index (χ4v) is 1.67. The number of phenolic OH excluding ortho intramolecular Hbond substituents is 2. The zero-order valence-electron chi connectivity index (χ0n) is 8.97. The average molecular weight is 291 g/mol. The Kier molecular flexibility index (Phi) is 3.49. The summed E-state index contributed by atoms with van der Waals surface area (Å²) in [6.45, 7) is 0. The highest BCUT2D eigenvalue weighted by Gasteiger charge is 1.97. The maximum Gasteiger partial charge on any atom is 0.157 e. The number of halogens is 1. The zero-order chi connectivity index (χ0) is 12.3. The third-order valence-corrected chi connectivity index (χ3v) is 2.87. The summed E-state index contributed by atoms with van der Waals surface area (Å²) in [4.78, 5) is 0. The fraction of sp³-hybridized carbons (Fsp3) is 0. The lowest BCUT2D eigenvalue weighted by molar-refractivity contribution is 0.403. The number of aromatic hydroxyl groups is 2. The van der Waals surface area contributed by atoms with Crippen LogP contribution in [0.15, 0.2) is 46.9 Å². The van der Waals surface area contributed by atoms with Crippen molar-refractivity contribution in [2.24, 2.45) is 0 Å². The number of benzene rings is 2. The van der Waals surface area contributed by atoms with Gasteiger partial charge in [0.15, 0.2) is 11.5 Å². The minimum Gasteiger partial charge on any atom is -0.504 e. The van der Waals surface area contributed by atoms with Crippen molar-refractivity contribution in [3.05, 3.63) is 58.1 Å². The van der Waals surface area contributed by atoms with Crippen molar-refractivity contribution in [1.29, 1.82) is 0 Å². The summed E-state index contributed by atoms with van der Waals surface area (Å²) in [5.41, 5.74) is 1.91. The lowest BCUT2D eigenvalue weighted by Gasteiger charge is -1.99. The Morgan fingerprint density at radius 3 is 2.00 bits per heavy atom. The highest BCUT2D eigenvalue weighted by atomic mass is 79.9. The van der Waals surface area contributed by atoms with E-state index >= 15 is 0 Å². The number of phenols is 2. The third kappa shape index (κ3) is 3.11. The van der Waals surface area contributed by atoms with E-state index in [0.29, 0.717) is 0 Å². The summed E-state index contributed by atoms with van der Waals surface area (Å²) in [5, 5.41) is 18.5. The molecular weight excluding hydrogens is 280 g/mol. The number of hydrogen-bond donors (Lipinski definition) is 2. The molecule has 0 aliphatic heterocycles. The van der Waals surface area contributed by atoms with E-state index in [4.69, 9.17) is 0 Å². The summed E-state index contributed by atoms with van der Waals surface area (Å²) in [7, 11) is 0. The van der Waals surface area contributed by atoms with Gasteiger partial charge in [0.25, 0.3) is 0 Å². The van der Waals surface area contributed by atoms with Crippen LogP contribution in [0, 0.1) is 0 Å². The predicted molar refractivity (Wildman–Crippen MR) is 72.8 cm³/mol. The van der Waals surface area contributed by atoms with E-state index in [9.17, 15) is 10.2 Å². The molecule has 0 saturated carbocycles. The van der Waals surface area contributed by atoms with Crippen molar-refractivity contribution < 1.29 is 10.2 Å². The van der Waals surface area contributed by atoms with Gasteiger partial charge in [0, 0.05) is 4.47 Å². The van der Waals surface area contributed by atoms with Crippen LogP contribution in [-0.2, 0) is 0 Å². The minimum absolute atomic E-state index is 0.106. The van der Waals surface area contributed by atoms with Crippen molar-refractivity contribution in [2.75, 3.05) is 0 Å². The van der Waals surface area contributed by atoms with Crippen molar-refractivity contribution in [3.8, 4) is 11.5 Å². The van der Waals surface area contributed by atoms with Crippen molar-refractivity contribution in [1.82, 2.24) is 0 Å². The van der Waals surface area contributed by atoms with Crippen LogP contribution in [0.5, 0.6) is 11.5 Å². The van der Waals surface area contributed by atoms with Gasteiger partial charge in [0.1, 0.15) is 0 Å². The van der Waals surface area contributed by atoms with Crippen LogP contribution < -0.4 is 0 Å². The Hall–Kier alpha value is -1.74. The smallest absolute Gasteiger partial charge is 0.157 e. The molecule has 2 rings (SSSR count). The Bertz CT molecular complexity index is 545. The first-order valence-electron chi connectivity index (χ1n) is 5.11. The molecule has 0 aromatic heterocycles. The first kappa shape index (κ1) is 11.7. The van der Waals surface area contributed by atoms with Crippen LogP contribution in [0.1, 0.15) is 11.1 Å². The van der Waals surface area contributed by atoms with Gasteiger partial charge in [0.05, 0.1) is 0 Å². The number of hydrogen-bond acceptors (Lipinski definition) is 2. The van der Waals surface area contributed by atoms with Gasteiger partial charge < -0.3 is 10.2 Å². The molecule has 0 aliphatic carbocycles. The summed E-state index contributed by atoms with van der Waals surface area (Å²) >= 11 is 3.37. The Morgan fingerprint density at radius 2 is 1.35 bits per heavy atom. The van der Waals surface area contributed by atoms with E-state index < -0.39 is 0 Å². The van der Waals surface area contributed by atoms with Crippen molar-refractivity contribution >= 4 is 28.1 Å². The first-order valence-corrected chi connectivity index (χ1v) is 5.90. The topological polar surface area (TPSA) is 40.5 Å². The average Bonchev–Trinajstić information content (AvgIpc) is 2.33. The molecule has 2 aromatic carbocycles. The first-order chi connectivity index (χ1) is 8.15. The van der Waals surface area contributed by atoms with Crippen LogP contribution in [0.3, 0.4) is 0 Å². The summed E-state index contributed by atoms with van der Waals surface area (Å²) in [5.74, 6) is -0.214. The zero-order valence-corrected chi connectivity index (χ0v) is 10.6. The third-order valence-electron chi connectivity index (χ3n) is 2.34. The second-order valence-corrected chi connectivity index (χ2v) is 4.55. The summed E-state index contributed by atoms with van der Waals surface area (Å²) < 4.78 is 1.04. The van der Waals surface area contributed by atoms with Gasteiger partial charge in [-0.05, 0) is 35.4 Å². The predicted octanol–water partition coefficient (Wildman–Crippen LogP) is 4.03. The standard InChI is InChI=1S/C14H11BrO2/c15-12-6-3-10(4-7-12)1-2-11-5-8-13(16)14(17)9-11/h1-9,16-17H/b2-1+. The fourth-order valence-electron chi connectivity index (χ4n) is 1.41. The van der Waals surface area contributed by atoms with Crippen LogP contribution >= 0.6 is 15.9 Å². The molecular formula is C14H11BrO2. The normalized spacial score (nSPS) is 10.9. The molecule has 0 aliphatic rings. The quantitative estimate of drug-likeness (QED) is 0.648. The molecule has 0 amide bonds. The van der Waals surface area contributed by atoms with Gasteiger partial charge in [0.2, 0.25) is 0 Å². The Labute approximate surface area is 108 Å². The van der Waals surface area contributed by atoms with E-state index in [0.717, 1.165) is 15.6 Å². The minimum atomic E-state index is -0.108. The monoisotopic (exact) mass is 290 g/mol. The number of rotatable bonds is 2. The Balaban J connectivity index is 2.20. The van der Waals surface area contributed by atoms with Crippen LogP contribution in [0.2, 0.25) is 0 Å². The van der Waals surface area contributed by atoms with Gasteiger partial charge in [-0.25, -0.2) is 0 Å². The Morgan fingerprint density at radius 1 is 0.765 bits per heavy atom.